The molecule has 0 atom stereocenters. The summed E-state index contributed by atoms with van der Waals surface area (Å²) in [6, 6.07) is 9.80. The molecule has 0 spiro atoms. The molecule has 0 heterocycles. The number of amides is 1. The van der Waals surface area contributed by atoms with Gasteiger partial charge in [-0.05, 0) is 12.5 Å². The Bertz CT molecular complexity index is 303. The van der Waals surface area contributed by atoms with Crippen molar-refractivity contribution in [1.82, 2.24) is 4.90 Å². The summed E-state index contributed by atoms with van der Waals surface area (Å²) in [5.41, 5.74) is 1.03. The van der Waals surface area contributed by atoms with E-state index >= 15 is 0 Å². The molecule has 0 aliphatic heterocycles. The monoisotopic (exact) mass is 227 g/mol. The van der Waals surface area contributed by atoms with E-state index in [1.807, 2.05) is 30.3 Å². The SMILES string of the molecule is CCOC(=O)N(CCl)Cc1ccccc1. The molecule has 0 aromatic heterocycles. The number of carbonyl (C=O) groups excluding carboxylic acids is 1. The van der Waals surface area contributed by atoms with Crippen LogP contribution in [0.2, 0.25) is 0 Å². The van der Waals surface area contributed by atoms with Gasteiger partial charge in [0.1, 0.15) is 0 Å². The Kier molecular flexibility index (Phi) is 4.98. The van der Waals surface area contributed by atoms with Gasteiger partial charge in [-0.3, -0.25) is 4.90 Å². The highest BCUT2D eigenvalue weighted by Crippen LogP contribution is 2.06. The van der Waals surface area contributed by atoms with E-state index < -0.39 is 0 Å². The molecule has 82 valence electrons. The molecule has 0 saturated heterocycles. The third-order valence-electron chi connectivity index (χ3n) is 1.89. The van der Waals surface area contributed by atoms with Crippen molar-refractivity contribution >= 4 is 17.7 Å². The lowest BCUT2D eigenvalue weighted by atomic mass is 10.2. The summed E-state index contributed by atoms with van der Waals surface area (Å²) < 4.78 is 4.87. The van der Waals surface area contributed by atoms with Crippen molar-refractivity contribution in [3.63, 3.8) is 0 Å². The maximum Gasteiger partial charge on any atom is 0.411 e. The number of ether oxygens (including phenoxy) is 1. The standard InChI is InChI=1S/C11H14ClNO2/c1-2-15-11(14)13(9-12)8-10-6-4-3-5-7-10/h3-7H,2,8-9H2,1H3. The molecule has 0 saturated carbocycles. The summed E-state index contributed by atoms with van der Waals surface area (Å²) in [5.74, 6) is 0. The smallest absolute Gasteiger partial charge is 0.411 e. The number of alkyl halides is 1. The van der Waals surface area contributed by atoms with Crippen LogP contribution in [0, 0.1) is 0 Å². The van der Waals surface area contributed by atoms with Crippen LogP contribution in [0.5, 0.6) is 0 Å². The van der Waals surface area contributed by atoms with Gasteiger partial charge >= 0.3 is 6.09 Å². The number of carbonyl (C=O) groups is 1. The van der Waals surface area contributed by atoms with Gasteiger partial charge in [-0.15, -0.1) is 11.6 Å². The van der Waals surface area contributed by atoms with Crippen molar-refractivity contribution in [2.75, 3.05) is 12.6 Å². The van der Waals surface area contributed by atoms with E-state index in [1.54, 1.807) is 6.92 Å². The Labute approximate surface area is 94.6 Å². The average molecular weight is 228 g/mol. The largest absolute Gasteiger partial charge is 0.450 e. The van der Waals surface area contributed by atoms with Gasteiger partial charge in [0.05, 0.1) is 19.2 Å². The van der Waals surface area contributed by atoms with Crippen LogP contribution in [0.1, 0.15) is 12.5 Å². The Balaban J connectivity index is 2.58. The fourth-order valence-corrected chi connectivity index (χ4v) is 1.36. The van der Waals surface area contributed by atoms with Gasteiger partial charge in [-0.25, -0.2) is 4.79 Å². The molecule has 15 heavy (non-hydrogen) atoms. The number of hydrogen-bond acceptors (Lipinski definition) is 2. The van der Waals surface area contributed by atoms with Crippen molar-refractivity contribution in [3.8, 4) is 0 Å². The number of nitrogens with zero attached hydrogens (tertiary/aromatic N) is 1. The molecule has 1 aromatic rings. The second kappa shape index (κ2) is 6.30. The molecule has 3 nitrogen and oxygen atoms in total. The second-order valence-corrected chi connectivity index (χ2v) is 3.24. The van der Waals surface area contributed by atoms with Crippen LogP contribution in [0.4, 0.5) is 4.79 Å². The van der Waals surface area contributed by atoms with Crippen LogP contribution in [-0.4, -0.2) is 23.6 Å². The normalized spacial score (nSPS) is 9.73. The zero-order valence-electron chi connectivity index (χ0n) is 8.65. The van der Waals surface area contributed by atoms with E-state index in [-0.39, 0.29) is 12.1 Å². The molecule has 1 rings (SSSR count). The van der Waals surface area contributed by atoms with E-state index in [9.17, 15) is 4.79 Å². The second-order valence-electron chi connectivity index (χ2n) is 3.00. The Morgan fingerprint density at radius 1 is 1.40 bits per heavy atom. The van der Waals surface area contributed by atoms with Gasteiger partial charge in [0.15, 0.2) is 0 Å². The maximum absolute atomic E-state index is 11.4. The van der Waals surface area contributed by atoms with Crippen LogP contribution >= 0.6 is 11.6 Å². The molecule has 0 unspecified atom stereocenters. The Hall–Kier alpha value is -1.22. The minimum absolute atomic E-state index is 0.133. The van der Waals surface area contributed by atoms with Crippen LogP contribution < -0.4 is 0 Å². The first kappa shape index (κ1) is 11.9. The number of halogens is 1. The third kappa shape index (κ3) is 3.80. The molecule has 0 radical (unpaired) electrons. The van der Waals surface area contributed by atoms with E-state index in [4.69, 9.17) is 16.3 Å². The van der Waals surface area contributed by atoms with E-state index in [0.717, 1.165) is 5.56 Å². The van der Waals surface area contributed by atoms with Gasteiger partial charge < -0.3 is 4.74 Å². The van der Waals surface area contributed by atoms with Crippen molar-refractivity contribution in [3.05, 3.63) is 35.9 Å². The highest BCUT2D eigenvalue weighted by atomic mass is 35.5. The number of hydrogen-bond donors (Lipinski definition) is 0. The van der Waals surface area contributed by atoms with Gasteiger partial charge in [0.25, 0.3) is 0 Å². The molecule has 1 aromatic carbocycles. The van der Waals surface area contributed by atoms with Crippen LogP contribution in [0.25, 0.3) is 0 Å². The highest BCUT2D eigenvalue weighted by molar-refractivity contribution is 6.18. The molecular formula is C11H14ClNO2. The highest BCUT2D eigenvalue weighted by Gasteiger charge is 2.12. The lowest BCUT2D eigenvalue weighted by Gasteiger charge is -2.18. The predicted octanol–water partition coefficient (Wildman–Crippen LogP) is 2.84. The summed E-state index contributed by atoms with van der Waals surface area (Å²) in [5, 5.41) is 0. The quantitative estimate of drug-likeness (QED) is 0.585. The van der Waals surface area contributed by atoms with Crippen molar-refractivity contribution in [2.24, 2.45) is 0 Å². The maximum atomic E-state index is 11.4. The van der Waals surface area contributed by atoms with Gasteiger partial charge in [-0.2, -0.15) is 0 Å². The van der Waals surface area contributed by atoms with E-state index in [2.05, 4.69) is 0 Å². The van der Waals surface area contributed by atoms with Crippen molar-refractivity contribution in [1.29, 1.82) is 0 Å². The lowest BCUT2D eigenvalue weighted by Crippen LogP contribution is -2.29. The van der Waals surface area contributed by atoms with Gasteiger partial charge in [-0.1, -0.05) is 30.3 Å². The average Bonchev–Trinajstić information content (AvgIpc) is 2.27. The van der Waals surface area contributed by atoms with Crippen molar-refractivity contribution < 1.29 is 9.53 Å². The third-order valence-corrected chi connectivity index (χ3v) is 2.18. The van der Waals surface area contributed by atoms with Crippen LogP contribution in [0.3, 0.4) is 0 Å². The Morgan fingerprint density at radius 2 is 2.07 bits per heavy atom. The summed E-state index contributed by atoms with van der Waals surface area (Å²) in [7, 11) is 0. The van der Waals surface area contributed by atoms with Crippen molar-refractivity contribution in [2.45, 2.75) is 13.5 Å². The minimum atomic E-state index is -0.378. The summed E-state index contributed by atoms with van der Waals surface area (Å²) >= 11 is 5.67. The first-order valence-corrected chi connectivity index (χ1v) is 5.33. The summed E-state index contributed by atoms with van der Waals surface area (Å²) in [4.78, 5) is 12.8. The molecule has 0 aliphatic rings. The number of rotatable bonds is 4. The van der Waals surface area contributed by atoms with Crippen LogP contribution in [0.15, 0.2) is 30.3 Å². The number of benzene rings is 1. The van der Waals surface area contributed by atoms with E-state index in [0.29, 0.717) is 13.2 Å². The fourth-order valence-electron chi connectivity index (χ4n) is 1.17. The van der Waals surface area contributed by atoms with Crippen LogP contribution in [-0.2, 0) is 11.3 Å². The molecule has 0 aliphatic carbocycles. The molecule has 0 N–H and O–H groups in total. The molecule has 4 heteroatoms. The molecular weight excluding hydrogens is 214 g/mol. The zero-order chi connectivity index (χ0) is 11.1. The molecule has 0 fully saturated rings. The summed E-state index contributed by atoms with van der Waals surface area (Å²) in [6.45, 7) is 2.61. The van der Waals surface area contributed by atoms with Gasteiger partial charge in [0, 0.05) is 0 Å². The minimum Gasteiger partial charge on any atom is -0.450 e. The first-order chi connectivity index (χ1) is 7.27. The Morgan fingerprint density at radius 3 is 2.60 bits per heavy atom. The zero-order valence-corrected chi connectivity index (χ0v) is 9.41. The molecule has 0 bridgehead atoms. The van der Waals surface area contributed by atoms with E-state index in [1.165, 1.54) is 4.90 Å². The predicted molar refractivity (Wildman–Crippen MR) is 59.7 cm³/mol. The molecule has 1 amide bonds. The fraction of sp³-hybridized carbons (Fsp3) is 0.364. The first-order valence-electron chi connectivity index (χ1n) is 4.79. The lowest BCUT2D eigenvalue weighted by molar-refractivity contribution is 0.111. The summed E-state index contributed by atoms with van der Waals surface area (Å²) in [6.07, 6.45) is -0.378. The van der Waals surface area contributed by atoms with Gasteiger partial charge in [0.2, 0.25) is 0 Å². The topological polar surface area (TPSA) is 29.5 Å².